The fraction of sp³-hybridized carbons (Fsp3) is 0.280. The number of rotatable bonds is 7. The normalized spacial score (nSPS) is 14.0. The molecule has 0 bridgehead atoms. The maximum Gasteiger partial charge on any atom is 0.247 e. The zero-order chi connectivity index (χ0) is 22.6. The first kappa shape index (κ1) is 21.1. The van der Waals surface area contributed by atoms with Gasteiger partial charge in [0.15, 0.2) is 0 Å². The highest BCUT2D eigenvalue weighted by molar-refractivity contribution is 5.88. The van der Waals surface area contributed by atoms with Gasteiger partial charge < -0.3 is 15.2 Å². The number of benzene rings is 2. The number of ether oxygens (including phenoxy) is 1. The molecular formula is C25H26N6O2. The SMILES string of the molecule is Cc1ccc(O)cc1-c1cc(OCCN2CCCC2)c2nc(Nc3cccnc3)nnc2c1. The van der Waals surface area contributed by atoms with Crippen molar-refractivity contribution in [2.75, 3.05) is 31.6 Å². The molecule has 3 heterocycles. The van der Waals surface area contributed by atoms with E-state index in [1.54, 1.807) is 24.5 Å². The molecule has 1 saturated heterocycles. The molecule has 5 rings (SSSR count). The van der Waals surface area contributed by atoms with Crippen LogP contribution >= 0.6 is 0 Å². The van der Waals surface area contributed by atoms with Crippen molar-refractivity contribution in [3.63, 3.8) is 0 Å². The minimum atomic E-state index is 0.215. The smallest absolute Gasteiger partial charge is 0.247 e. The van der Waals surface area contributed by atoms with Crippen molar-refractivity contribution in [2.45, 2.75) is 19.8 Å². The number of aryl methyl sites for hydroxylation is 1. The van der Waals surface area contributed by atoms with Crippen molar-refractivity contribution in [1.82, 2.24) is 25.1 Å². The second-order valence-corrected chi connectivity index (χ2v) is 8.24. The van der Waals surface area contributed by atoms with Crippen LogP contribution in [0.25, 0.3) is 22.2 Å². The van der Waals surface area contributed by atoms with E-state index in [-0.39, 0.29) is 5.75 Å². The molecule has 0 spiro atoms. The van der Waals surface area contributed by atoms with E-state index in [0.29, 0.717) is 29.3 Å². The van der Waals surface area contributed by atoms with Gasteiger partial charge in [0.25, 0.3) is 0 Å². The summed E-state index contributed by atoms with van der Waals surface area (Å²) >= 11 is 0. The first-order valence-electron chi connectivity index (χ1n) is 11.2. The Balaban J connectivity index is 1.51. The molecule has 0 radical (unpaired) electrons. The summed E-state index contributed by atoms with van der Waals surface area (Å²) in [5.74, 6) is 1.24. The van der Waals surface area contributed by atoms with Gasteiger partial charge in [-0.15, -0.1) is 10.2 Å². The summed E-state index contributed by atoms with van der Waals surface area (Å²) in [5.41, 5.74) is 4.91. The lowest BCUT2D eigenvalue weighted by Gasteiger charge is -2.17. The molecule has 168 valence electrons. The molecule has 0 saturated carbocycles. The zero-order valence-corrected chi connectivity index (χ0v) is 18.5. The van der Waals surface area contributed by atoms with E-state index >= 15 is 0 Å². The second-order valence-electron chi connectivity index (χ2n) is 8.24. The molecule has 0 aliphatic carbocycles. The first-order chi connectivity index (χ1) is 16.2. The molecule has 2 aromatic carbocycles. The number of hydrogen-bond donors (Lipinski definition) is 2. The van der Waals surface area contributed by atoms with Gasteiger partial charge in [-0.2, -0.15) is 0 Å². The van der Waals surface area contributed by atoms with Crippen molar-refractivity contribution < 1.29 is 9.84 Å². The Bertz CT molecular complexity index is 1260. The molecule has 1 aliphatic heterocycles. The van der Waals surface area contributed by atoms with Crippen LogP contribution in [0.2, 0.25) is 0 Å². The maximum absolute atomic E-state index is 10.0. The Morgan fingerprint density at radius 2 is 1.97 bits per heavy atom. The number of hydrogen-bond acceptors (Lipinski definition) is 8. The predicted molar refractivity (Wildman–Crippen MR) is 128 cm³/mol. The minimum Gasteiger partial charge on any atom is -0.508 e. The van der Waals surface area contributed by atoms with Gasteiger partial charge in [-0.25, -0.2) is 4.98 Å². The third-order valence-electron chi connectivity index (χ3n) is 5.84. The van der Waals surface area contributed by atoms with Crippen molar-refractivity contribution >= 4 is 22.7 Å². The Labute approximate surface area is 192 Å². The molecule has 0 amide bonds. The molecule has 2 N–H and O–H groups in total. The Morgan fingerprint density at radius 3 is 2.79 bits per heavy atom. The van der Waals surface area contributed by atoms with Crippen molar-refractivity contribution in [1.29, 1.82) is 0 Å². The Kier molecular flexibility index (Phi) is 5.99. The van der Waals surface area contributed by atoms with Crippen LogP contribution in [-0.4, -0.2) is 56.4 Å². The highest BCUT2D eigenvalue weighted by atomic mass is 16.5. The first-order valence-corrected chi connectivity index (χ1v) is 11.2. The lowest BCUT2D eigenvalue weighted by atomic mass is 9.99. The van der Waals surface area contributed by atoms with Gasteiger partial charge in [0.2, 0.25) is 5.95 Å². The standard InChI is InChI=1S/C25H26N6O2/c1-17-6-7-20(32)15-21(17)18-13-22-24(23(14-18)33-12-11-31-9-2-3-10-31)28-25(30-29-22)27-19-5-4-8-26-16-19/h4-8,13-16,32H,2-3,9-12H2,1H3,(H,27,28,30). The van der Waals surface area contributed by atoms with Gasteiger partial charge in [-0.05, 0) is 85.9 Å². The number of aromatic hydroxyl groups is 1. The Morgan fingerprint density at radius 1 is 1.09 bits per heavy atom. The van der Waals surface area contributed by atoms with E-state index in [0.717, 1.165) is 42.0 Å². The van der Waals surface area contributed by atoms with E-state index in [4.69, 9.17) is 9.72 Å². The number of pyridine rings is 1. The summed E-state index contributed by atoms with van der Waals surface area (Å²) in [5, 5.41) is 21.8. The minimum absolute atomic E-state index is 0.215. The quantitative estimate of drug-likeness (QED) is 0.437. The molecule has 0 unspecified atom stereocenters. The van der Waals surface area contributed by atoms with Crippen molar-refractivity contribution in [2.24, 2.45) is 0 Å². The Hall–Kier alpha value is -3.78. The average molecular weight is 443 g/mol. The number of phenolic OH excluding ortho intramolecular Hbond substituents is 1. The lowest BCUT2D eigenvalue weighted by Crippen LogP contribution is -2.25. The molecular weight excluding hydrogens is 416 g/mol. The molecule has 1 fully saturated rings. The number of likely N-dealkylation sites (tertiary alicyclic amines) is 1. The summed E-state index contributed by atoms with van der Waals surface area (Å²) in [6.45, 7) is 5.69. The average Bonchev–Trinajstić information content (AvgIpc) is 3.35. The maximum atomic E-state index is 10.0. The van der Waals surface area contributed by atoms with Crippen LogP contribution in [-0.2, 0) is 0 Å². The summed E-state index contributed by atoms with van der Waals surface area (Å²) in [7, 11) is 0. The van der Waals surface area contributed by atoms with Crippen LogP contribution in [0.1, 0.15) is 18.4 Å². The predicted octanol–water partition coefficient (Wildman–Crippen LogP) is 4.32. The van der Waals surface area contributed by atoms with Crippen LogP contribution in [0.15, 0.2) is 54.9 Å². The number of fused-ring (bicyclic) bond motifs is 1. The fourth-order valence-corrected chi connectivity index (χ4v) is 4.11. The summed E-state index contributed by atoms with van der Waals surface area (Å²) in [6, 6.07) is 13.0. The fourth-order valence-electron chi connectivity index (χ4n) is 4.11. The van der Waals surface area contributed by atoms with E-state index in [1.165, 1.54) is 12.8 Å². The molecule has 0 atom stereocenters. The van der Waals surface area contributed by atoms with Crippen LogP contribution in [0.5, 0.6) is 11.5 Å². The van der Waals surface area contributed by atoms with Gasteiger partial charge in [0.1, 0.15) is 29.1 Å². The largest absolute Gasteiger partial charge is 0.508 e. The molecule has 1 aliphatic rings. The molecule has 8 heteroatoms. The number of nitrogens with zero attached hydrogens (tertiary/aromatic N) is 5. The number of anilines is 2. The van der Waals surface area contributed by atoms with Gasteiger partial charge in [-0.1, -0.05) is 6.07 Å². The highest BCUT2D eigenvalue weighted by Gasteiger charge is 2.15. The third kappa shape index (κ3) is 4.85. The summed E-state index contributed by atoms with van der Waals surface area (Å²) in [6.07, 6.45) is 5.90. The second kappa shape index (κ2) is 9.38. The highest BCUT2D eigenvalue weighted by Crippen LogP contribution is 2.34. The van der Waals surface area contributed by atoms with Gasteiger partial charge in [-0.3, -0.25) is 9.88 Å². The topological polar surface area (TPSA) is 96.3 Å². The van der Waals surface area contributed by atoms with Crippen LogP contribution < -0.4 is 10.1 Å². The van der Waals surface area contributed by atoms with Gasteiger partial charge in [0, 0.05) is 12.7 Å². The monoisotopic (exact) mass is 442 g/mol. The summed E-state index contributed by atoms with van der Waals surface area (Å²) in [4.78, 5) is 11.2. The number of phenols is 1. The van der Waals surface area contributed by atoms with E-state index in [2.05, 4.69) is 25.4 Å². The van der Waals surface area contributed by atoms with E-state index < -0.39 is 0 Å². The molecule has 33 heavy (non-hydrogen) atoms. The lowest BCUT2D eigenvalue weighted by molar-refractivity contribution is 0.239. The number of nitrogens with one attached hydrogen (secondary N) is 1. The zero-order valence-electron chi connectivity index (χ0n) is 18.5. The van der Waals surface area contributed by atoms with Crippen LogP contribution in [0.3, 0.4) is 0 Å². The van der Waals surface area contributed by atoms with Gasteiger partial charge >= 0.3 is 0 Å². The van der Waals surface area contributed by atoms with Crippen LogP contribution in [0.4, 0.5) is 11.6 Å². The van der Waals surface area contributed by atoms with E-state index in [9.17, 15) is 5.11 Å². The van der Waals surface area contributed by atoms with Gasteiger partial charge in [0.05, 0.1) is 11.9 Å². The molecule has 2 aromatic heterocycles. The number of aromatic nitrogens is 4. The van der Waals surface area contributed by atoms with Crippen molar-refractivity contribution in [3.8, 4) is 22.6 Å². The summed E-state index contributed by atoms with van der Waals surface area (Å²) < 4.78 is 6.24. The van der Waals surface area contributed by atoms with Crippen LogP contribution in [0, 0.1) is 6.92 Å². The third-order valence-corrected chi connectivity index (χ3v) is 5.84. The van der Waals surface area contributed by atoms with Crippen molar-refractivity contribution in [3.05, 3.63) is 60.4 Å². The van der Waals surface area contributed by atoms with E-state index in [1.807, 2.05) is 37.3 Å². The molecule has 4 aromatic rings. The molecule has 8 nitrogen and oxygen atoms in total.